The Morgan fingerprint density at radius 2 is 1.87 bits per heavy atom. The van der Waals surface area contributed by atoms with Gasteiger partial charge in [0.1, 0.15) is 6.10 Å². The molecule has 1 rings (SSSR count). The van der Waals surface area contributed by atoms with Gasteiger partial charge >= 0.3 is 5.97 Å². The molecule has 1 aliphatic rings. The summed E-state index contributed by atoms with van der Waals surface area (Å²) in [6.07, 6.45) is 1.22. The second kappa shape index (κ2) is 4.97. The fourth-order valence-corrected chi connectivity index (χ4v) is 2.41. The van der Waals surface area contributed by atoms with E-state index in [4.69, 9.17) is 9.47 Å². The lowest BCUT2D eigenvalue weighted by Crippen LogP contribution is -2.49. The molecule has 0 aliphatic carbocycles. The van der Waals surface area contributed by atoms with Crippen molar-refractivity contribution in [1.82, 2.24) is 0 Å². The van der Waals surface area contributed by atoms with Gasteiger partial charge in [-0.1, -0.05) is 20.8 Å². The van der Waals surface area contributed by atoms with Gasteiger partial charge in [-0.2, -0.15) is 0 Å². The molecule has 0 radical (unpaired) electrons. The van der Waals surface area contributed by atoms with Crippen LogP contribution < -0.4 is 0 Å². The van der Waals surface area contributed by atoms with E-state index in [9.17, 15) is 4.79 Å². The zero-order valence-corrected chi connectivity index (χ0v) is 10.3. The van der Waals surface area contributed by atoms with Crippen LogP contribution in [-0.2, 0) is 14.3 Å². The standard InChI is InChI=1S/C12H22O3/c1-6-11-7(2)8(3)12(9(4)14-11)15-10(5)13/h7-9,11-12H,6H2,1-5H3/t7-,8-,9+,11?,12?/m0/s1. The summed E-state index contributed by atoms with van der Waals surface area (Å²) < 4.78 is 11.2. The zero-order chi connectivity index (χ0) is 11.6. The van der Waals surface area contributed by atoms with Gasteiger partial charge in [-0.3, -0.25) is 4.79 Å². The topological polar surface area (TPSA) is 35.5 Å². The van der Waals surface area contributed by atoms with Gasteiger partial charge in [-0.25, -0.2) is 0 Å². The summed E-state index contributed by atoms with van der Waals surface area (Å²) in [5.41, 5.74) is 0. The van der Waals surface area contributed by atoms with Gasteiger partial charge in [-0.15, -0.1) is 0 Å². The Morgan fingerprint density at radius 1 is 1.27 bits per heavy atom. The molecular formula is C12H22O3. The normalized spacial score (nSPS) is 41.3. The third kappa shape index (κ3) is 2.71. The van der Waals surface area contributed by atoms with E-state index in [1.165, 1.54) is 6.92 Å². The van der Waals surface area contributed by atoms with E-state index in [1.54, 1.807) is 0 Å². The molecule has 3 heteroatoms. The average molecular weight is 214 g/mol. The Kier molecular flexibility index (Phi) is 4.14. The van der Waals surface area contributed by atoms with Gasteiger partial charge in [0, 0.05) is 12.8 Å². The van der Waals surface area contributed by atoms with E-state index in [2.05, 4.69) is 20.8 Å². The highest BCUT2D eigenvalue weighted by atomic mass is 16.6. The predicted molar refractivity (Wildman–Crippen MR) is 58.5 cm³/mol. The summed E-state index contributed by atoms with van der Waals surface area (Å²) in [5.74, 6) is 0.586. The first-order valence-electron chi connectivity index (χ1n) is 5.80. The predicted octanol–water partition coefficient (Wildman–Crippen LogP) is 2.39. The average Bonchev–Trinajstić information content (AvgIpc) is 2.18. The minimum Gasteiger partial charge on any atom is -0.460 e. The summed E-state index contributed by atoms with van der Waals surface area (Å²) in [6.45, 7) is 9.88. The molecule has 1 aliphatic heterocycles. The molecule has 1 heterocycles. The Hall–Kier alpha value is -0.570. The van der Waals surface area contributed by atoms with E-state index in [0.29, 0.717) is 17.9 Å². The van der Waals surface area contributed by atoms with E-state index < -0.39 is 0 Å². The molecule has 0 aromatic carbocycles. The van der Waals surface area contributed by atoms with Crippen LogP contribution >= 0.6 is 0 Å². The smallest absolute Gasteiger partial charge is 0.303 e. The molecule has 0 saturated carbocycles. The van der Waals surface area contributed by atoms with Gasteiger partial charge in [-0.05, 0) is 19.3 Å². The molecule has 0 N–H and O–H groups in total. The third-order valence-corrected chi connectivity index (χ3v) is 3.49. The molecule has 15 heavy (non-hydrogen) atoms. The van der Waals surface area contributed by atoms with Gasteiger partial charge in [0.25, 0.3) is 0 Å². The van der Waals surface area contributed by atoms with Crippen LogP contribution in [0.15, 0.2) is 0 Å². The van der Waals surface area contributed by atoms with E-state index in [1.807, 2.05) is 6.92 Å². The van der Waals surface area contributed by atoms with Crippen molar-refractivity contribution in [3.8, 4) is 0 Å². The van der Waals surface area contributed by atoms with Gasteiger partial charge < -0.3 is 9.47 Å². The maximum atomic E-state index is 11.0. The van der Waals surface area contributed by atoms with Gasteiger partial charge in [0.15, 0.2) is 0 Å². The monoisotopic (exact) mass is 214 g/mol. The maximum absolute atomic E-state index is 11.0. The molecule has 1 fully saturated rings. The second-order valence-corrected chi connectivity index (χ2v) is 4.58. The molecule has 2 unspecified atom stereocenters. The number of rotatable bonds is 2. The minimum atomic E-state index is -0.218. The highest BCUT2D eigenvalue weighted by Gasteiger charge is 2.40. The van der Waals surface area contributed by atoms with Crippen molar-refractivity contribution in [3.05, 3.63) is 0 Å². The van der Waals surface area contributed by atoms with Crippen LogP contribution in [0.3, 0.4) is 0 Å². The number of hydrogen-bond acceptors (Lipinski definition) is 3. The fraction of sp³-hybridized carbons (Fsp3) is 0.917. The highest BCUT2D eigenvalue weighted by molar-refractivity contribution is 5.66. The lowest BCUT2D eigenvalue weighted by molar-refractivity contribution is -0.190. The van der Waals surface area contributed by atoms with Gasteiger partial charge in [0.2, 0.25) is 0 Å². The molecular weight excluding hydrogens is 192 g/mol. The summed E-state index contributed by atoms with van der Waals surface area (Å²) in [7, 11) is 0. The quantitative estimate of drug-likeness (QED) is 0.662. The minimum absolute atomic E-state index is 0.00468. The number of carbonyl (C=O) groups excluding carboxylic acids is 1. The van der Waals surface area contributed by atoms with E-state index in [0.717, 1.165) is 6.42 Å². The lowest BCUT2D eigenvalue weighted by atomic mass is 9.81. The van der Waals surface area contributed by atoms with E-state index in [-0.39, 0.29) is 18.2 Å². The fourth-order valence-electron chi connectivity index (χ4n) is 2.41. The number of ether oxygens (including phenoxy) is 2. The van der Waals surface area contributed by atoms with Crippen LogP contribution in [0.4, 0.5) is 0 Å². The molecule has 0 aromatic heterocycles. The lowest BCUT2D eigenvalue weighted by Gasteiger charge is -2.42. The number of esters is 1. The second-order valence-electron chi connectivity index (χ2n) is 4.58. The van der Waals surface area contributed by atoms with Crippen LogP contribution in [-0.4, -0.2) is 24.3 Å². The molecule has 0 bridgehead atoms. The zero-order valence-electron chi connectivity index (χ0n) is 10.3. The summed E-state index contributed by atoms with van der Waals surface area (Å²) in [6, 6.07) is 0. The van der Waals surface area contributed by atoms with Crippen LogP contribution in [0.2, 0.25) is 0 Å². The molecule has 5 atom stereocenters. The Morgan fingerprint density at radius 3 is 2.33 bits per heavy atom. The van der Waals surface area contributed by atoms with E-state index >= 15 is 0 Å². The Labute approximate surface area is 92.1 Å². The third-order valence-electron chi connectivity index (χ3n) is 3.49. The van der Waals surface area contributed by atoms with Crippen molar-refractivity contribution in [3.63, 3.8) is 0 Å². The molecule has 0 aromatic rings. The summed E-state index contributed by atoms with van der Waals surface area (Å²) in [5, 5.41) is 0. The van der Waals surface area contributed by atoms with Crippen molar-refractivity contribution in [1.29, 1.82) is 0 Å². The summed E-state index contributed by atoms with van der Waals surface area (Å²) in [4.78, 5) is 11.0. The van der Waals surface area contributed by atoms with Crippen molar-refractivity contribution < 1.29 is 14.3 Å². The molecule has 3 nitrogen and oxygen atoms in total. The Balaban J connectivity index is 2.70. The first-order valence-corrected chi connectivity index (χ1v) is 5.80. The van der Waals surface area contributed by atoms with Crippen LogP contribution in [0.25, 0.3) is 0 Å². The van der Waals surface area contributed by atoms with Crippen molar-refractivity contribution >= 4 is 5.97 Å². The highest BCUT2D eigenvalue weighted by Crippen LogP contribution is 2.33. The molecule has 88 valence electrons. The van der Waals surface area contributed by atoms with Crippen molar-refractivity contribution in [2.75, 3.05) is 0 Å². The van der Waals surface area contributed by atoms with Crippen molar-refractivity contribution in [2.24, 2.45) is 11.8 Å². The van der Waals surface area contributed by atoms with Gasteiger partial charge in [0.05, 0.1) is 12.2 Å². The number of carbonyl (C=O) groups is 1. The number of hydrogen-bond donors (Lipinski definition) is 0. The maximum Gasteiger partial charge on any atom is 0.303 e. The van der Waals surface area contributed by atoms with Crippen LogP contribution in [0.5, 0.6) is 0 Å². The SMILES string of the molecule is CCC1O[C@H](C)C(OC(C)=O)[C@@H](C)[C@@H]1C. The Bertz CT molecular complexity index is 227. The first-order chi connectivity index (χ1) is 6.97. The van der Waals surface area contributed by atoms with Crippen LogP contribution in [0.1, 0.15) is 41.0 Å². The first kappa shape index (κ1) is 12.5. The molecule has 1 saturated heterocycles. The molecule has 0 amide bonds. The molecule has 0 spiro atoms. The van der Waals surface area contributed by atoms with Crippen LogP contribution in [0, 0.1) is 11.8 Å². The summed E-state index contributed by atoms with van der Waals surface area (Å²) >= 11 is 0. The van der Waals surface area contributed by atoms with Crippen molar-refractivity contribution in [2.45, 2.75) is 59.4 Å². The largest absolute Gasteiger partial charge is 0.460 e.